The van der Waals surface area contributed by atoms with E-state index < -0.39 is 5.60 Å². The molecule has 1 aliphatic heterocycles. The molecule has 1 saturated heterocycles. The molecule has 5 nitrogen and oxygen atoms in total. The molecule has 1 rings (SSSR count). The van der Waals surface area contributed by atoms with Crippen LogP contribution < -0.4 is 5.32 Å². The predicted molar refractivity (Wildman–Crippen MR) is 89.0 cm³/mol. The average Bonchev–Trinajstić information content (AvgIpc) is 2.43. The minimum absolute atomic E-state index is 0.133. The summed E-state index contributed by atoms with van der Waals surface area (Å²) in [6.45, 7) is 10.8. The number of hydrogen-bond acceptors (Lipinski definition) is 4. The summed E-state index contributed by atoms with van der Waals surface area (Å²) in [5.74, 6) is 0. The summed E-state index contributed by atoms with van der Waals surface area (Å²) >= 11 is 0. The number of ether oxygens (including phenoxy) is 1. The van der Waals surface area contributed by atoms with Gasteiger partial charge in [0.15, 0.2) is 0 Å². The standard InChI is InChI=1S/C17H34N2O3/c1-6-14(12-20)18-13(2)11-15-9-7-8-10-19(15)16(21)22-17(3,4)5/h13-15,18,20H,6-12H2,1-5H3/t13?,14-,15?/m0/s1. The maximum atomic E-state index is 12.4. The Bertz CT molecular complexity index is 337. The molecule has 2 unspecified atom stereocenters. The molecule has 1 fully saturated rings. The minimum Gasteiger partial charge on any atom is -0.444 e. The van der Waals surface area contributed by atoms with Gasteiger partial charge >= 0.3 is 6.09 Å². The highest BCUT2D eigenvalue weighted by Gasteiger charge is 2.31. The maximum absolute atomic E-state index is 12.4. The Morgan fingerprint density at radius 2 is 2.09 bits per heavy atom. The molecule has 0 spiro atoms. The number of aliphatic hydroxyl groups is 1. The molecule has 1 amide bonds. The van der Waals surface area contributed by atoms with Crippen molar-refractivity contribution in [1.29, 1.82) is 0 Å². The van der Waals surface area contributed by atoms with E-state index in [9.17, 15) is 9.90 Å². The van der Waals surface area contributed by atoms with E-state index in [0.29, 0.717) is 0 Å². The van der Waals surface area contributed by atoms with Crippen LogP contribution in [0.4, 0.5) is 4.79 Å². The first-order valence-electron chi connectivity index (χ1n) is 8.63. The molecular weight excluding hydrogens is 280 g/mol. The van der Waals surface area contributed by atoms with E-state index in [-0.39, 0.29) is 30.8 Å². The molecule has 3 atom stereocenters. The van der Waals surface area contributed by atoms with E-state index >= 15 is 0 Å². The maximum Gasteiger partial charge on any atom is 0.410 e. The van der Waals surface area contributed by atoms with Crippen molar-refractivity contribution in [1.82, 2.24) is 10.2 Å². The van der Waals surface area contributed by atoms with Gasteiger partial charge in [-0.1, -0.05) is 6.92 Å². The summed E-state index contributed by atoms with van der Waals surface area (Å²) in [6.07, 6.45) is 4.84. The van der Waals surface area contributed by atoms with Gasteiger partial charge in [0.1, 0.15) is 5.60 Å². The second kappa shape index (κ2) is 8.73. The zero-order valence-electron chi connectivity index (χ0n) is 14.9. The van der Waals surface area contributed by atoms with Gasteiger partial charge in [-0.25, -0.2) is 4.79 Å². The number of carbonyl (C=O) groups excluding carboxylic acids is 1. The molecule has 0 aromatic heterocycles. The van der Waals surface area contributed by atoms with E-state index in [2.05, 4.69) is 19.2 Å². The third-order valence-electron chi connectivity index (χ3n) is 4.11. The number of hydrogen-bond donors (Lipinski definition) is 2. The summed E-state index contributed by atoms with van der Waals surface area (Å²) in [5, 5.41) is 12.7. The minimum atomic E-state index is -0.451. The summed E-state index contributed by atoms with van der Waals surface area (Å²) in [6, 6.07) is 0.626. The predicted octanol–water partition coefficient (Wildman–Crippen LogP) is 2.92. The smallest absolute Gasteiger partial charge is 0.410 e. The molecule has 1 heterocycles. The Morgan fingerprint density at radius 3 is 2.64 bits per heavy atom. The van der Waals surface area contributed by atoms with Crippen molar-refractivity contribution >= 4 is 6.09 Å². The molecule has 0 radical (unpaired) electrons. The van der Waals surface area contributed by atoms with Gasteiger partial charge in [0.2, 0.25) is 0 Å². The van der Waals surface area contributed by atoms with E-state index in [0.717, 1.165) is 38.6 Å². The van der Waals surface area contributed by atoms with Crippen molar-refractivity contribution in [2.75, 3.05) is 13.2 Å². The quantitative estimate of drug-likeness (QED) is 0.791. The number of nitrogens with zero attached hydrogens (tertiary/aromatic N) is 1. The fourth-order valence-electron chi connectivity index (χ4n) is 2.98. The van der Waals surface area contributed by atoms with Crippen LogP contribution in [0.2, 0.25) is 0 Å². The van der Waals surface area contributed by atoms with Gasteiger partial charge in [-0.3, -0.25) is 0 Å². The Balaban J connectivity index is 2.59. The van der Waals surface area contributed by atoms with Gasteiger partial charge in [0.25, 0.3) is 0 Å². The van der Waals surface area contributed by atoms with Crippen molar-refractivity contribution < 1.29 is 14.6 Å². The molecule has 0 aromatic rings. The van der Waals surface area contributed by atoms with Crippen LogP contribution >= 0.6 is 0 Å². The van der Waals surface area contributed by atoms with Gasteiger partial charge in [0, 0.05) is 24.7 Å². The van der Waals surface area contributed by atoms with Gasteiger partial charge in [-0.05, 0) is 59.8 Å². The lowest BCUT2D eigenvalue weighted by Gasteiger charge is -2.38. The molecular formula is C17H34N2O3. The van der Waals surface area contributed by atoms with Crippen LogP contribution in [0.1, 0.15) is 66.7 Å². The zero-order valence-corrected chi connectivity index (χ0v) is 14.9. The van der Waals surface area contributed by atoms with Crippen molar-refractivity contribution in [2.45, 2.75) is 90.4 Å². The molecule has 1 aliphatic rings. The van der Waals surface area contributed by atoms with Crippen LogP contribution in [-0.2, 0) is 4.74 Å². The molecule has 2 N–H and O–H groups in total. The molecule has 0 saturated carbocycles. The second-order valence-corrected chi connectivity index (χ2v) is 7.41. The van der Waals surface area contributed by atoms with Crippen LogP contribution in [0.25, 0.3) is 0 Å². The third-order valence-corrected chi connectivity index (χ3v) is 4.11. The largest absolute Gasteiger partial charge is 0.444 e. The number of aliphatic hydroxyl groups excluding tert-OH is 1. The van der Waals surface area contributed by atoms with E-state index in [1.54, 1.807) is 0 Å². The van der Waals surface area contributed by atoms with Crippen LogP contribution in [0.5, 0.6) is 0 Å². The molecule has 0 aromatic carbocycles. The Hall–Kier alpha value is -0.810. The number of likely N-dealkylation sites (tertiary alicyclic amines) is 1. The van der Waals surface area contributed by atoms with Crippen LogP contribution in [0.15, 0.2) is 0 Å². The molecule has 0 bridgehead atoms. The average molecular weight is 314 g/mol. The summed E-state index contributed by atoms with van der Waals surface area (Å²) < 4.78 is 5.54. The topological polar surface area (TPSA) is 61.8 Å². The number of rotatable bonds is 6. The summed E-state index contributed by atoms with van der Waals surface area (Å²) in [4.78, 5) is 14.3. The summed E-state index contributed by atoms with van der Waals surface area (Å²) in [5.41, 5.74) is -0.451. The van der Waals surface area contributed by atoms with Gasteiger partial charge in [-0.2, -0.15) is 0 Å². The first kappa shape index (κ1) is 19.2. The fourth-order valence-corrected chi connectivity index (χ4v) is 2.98. The van der Waals surface area contributed by atoms with Crippen molar-refractivity contribution in [3.05, 3.63) is 0 Å². The lowest BCUT2D eigenvalue weighted by atomic mass is 9.96. The Kier molecular flexibility index (Phi) is 7.63. The third kappa shape index (κ3) is 6.53. The molecule has 22 heavy (non-hydrogen) atoms. The van der Waals surface area contributed by atoms with E-state index in [1.165, 1.54) is 0 Å². The number of amides is 1. The molecule has 130 valence electrons. The van der Waals surface area contributed by atoms with Crippen LogP contribution in [0.3, 0.4) is 0 Å². The highest BCUT2D eigenvalue weighted by atomic mass is 16.6. The highest BCUT2D eigenvalue weighted by molar-refractivity contribution is 5.68. The van der Waals surface area contributed by atoms with Gasteiger partial charge in [0.05, 0.1) is 6.61 Å². The Labute approximate surface area is 135 Å². The van der Waals surface area contributed by atoms with Crippen molar-refractivity contribution in [3.63, 3.8) is 0 Å². The Morgan fingerprint density at radius 1 is 1.41 bits per heavy atom. The first-order chi connectivity index (χ1) is 10.3. The van der Waals surface area contributed by atoms with E-state index in [4.69, 9.17) is 4.74 Å². The zero-order chi connectivity index (χ0) is 16.8. The second-order valence-electron chi connectivity index (χ2n) is 7.41. The molecule has 0 aliphatic carbocycles. The lowest BCUT2D eigenvalue weighted by Crippen LogP contribution is -2.49. The van der Waals surface area contributed by atoms with E-state index in [1.807, 2.05) is 25.7 Å². The summed E-state index contributed by atoms with van der Waals surface area (Å²) in [7, 11) is 0. The number of carbonyl (C=O) groups is 1. The van der Waals surface area contributed by atoms with Crippen molar-refractivity contribution in [2.24, 2.45) is 0 Å². The van der Waals surface area contributed by atoms with Gasteiger partial charge in [-0.15, -0.1) is 0 Å². The number of piperidine rings is 1. The molecule has 5 heteroatoms. The first-order valence-corrected chi connectivity index (χ1v) is 8.63. The van der Waals surface area contributed by atoms with Crippen LogP contribution in [0, 0.1) is 0 Å². The lowest BCUT2D eigenvalue weighted by molar-refractivity contribution is 0.00765. The van der Waals surface area contributed by atoms with Crippen LogP contribution in [-0.4, -0.2) is 53.0 Å². The monoisotopic (exact) mass is 314 g/mol. The number of nitrogens with one attached hydrogen (secondary N) is 1. The normalized spacial score (nSPS) is 22.3. The van der Waals surface area contributed by atoms with Crippen molar-refractivity contribution in [3.8, 4) is 0 Å². The fraction of sp³-hybridized carbons (Fsp3) is 0.941. The highest BCUT2D eigenvalue weighted by Crippen LogP contribution is 2.23. The SMILES string of the molecule is CC[C@@H](CO)NC(C)CC1CCCCN1C(=O)OC(C)(C)C. The van der Waals surface area contributed by atoms with Gasteiger partial charge < -0.3 is 20.1 Å².